The first-order valence-electron chi connectivity index (χ1n) is 11.2. The van der Waals surface area contributed by atoms with Gasteiger partial charge in [0.15, 0.2) is 0 Å². The van der Waals surface area contributed by atoms with Crippen molar-refractivity contribution < 1.29 is 9.36 Å². The predicted octanol–water partition coefficient (Wildman–Crippen LogP) is 6.99. The van der Waals surface area contributed by atoms with E-state index in [1.54, 1.807) is 0 Å². The van der Waals surface area contributed by atoms with Crippen LogP contribution >= 0.6 is 7.14 Å². The molecule has 0 aliphatic rings. The summed E-state index contributed by atoms with van der Waals surface area (Å²) in [5.74, 6) is 0. The number of aryl methyl sites for hydroxylation is 6. The maximum absolute atomic E-state index is 15.1. The fourth-order valence-electron chi connectivity index (χ4n) is 4.36. The quantitative estimate of drug-likeness (QED) is 0.405. The first kappa shape index (κ1) is 24.2. The lowest BCUT2D eigenvalue weighted by Gasteiger charge is -2.26. The van der Waals surface area contributed by atoms with Crippen LogP contribution in [0.3, 0.4) is 0 Å². The summed E-state index contributed by atoms with van der Waals surface area (Å²) >= 11 is 0. The number of hydrogen-bond acceptors (Lipinski definition) is 2. The molecule has 0 heterocycles. The molecule has 0 atom stereocenters. The minimum atomic E-state index is -3.61. The second-order valence-corrected chi connectivity index (χ2v) is 12.8. The zero-order valence-electron chi connectivity index (χ0n) is 20.9. The molecule has 3 rings (SSSR count). The Morgan fingerprint density at radius 3 is 1.44 bits per heavy atom. The zero-order chi connectivity index (χ0) is 24.0. The van der Waals surface area contributed by atoms with Gasteiger partial charge in [0.2, 0.25) is 12.7 Å². The third kappa shape index (κ3) is 4.26. The van der Waals surface area contributed by atoms with Crippen LogP contribution in [0, 0.1) is 41.5 Å². The Labute approximate surface area is 193 Å². The summed E-state index contributed by atoms with van der Waals surface area (Å²) in [5, 5.41) is 1.30. The maximum atomic E-state index is 15.1. The molecule has 0 radical (unpaired) electrons. The molecular formula is C29H35O2P. The zero-order valence-corrected chi connectivity index (χ0v) is 21.8. The average Bonchev–Trinajstić information content (AvgIpc) is 2.69. The molecule has 0 aliphatic heterocycles. The first-order chi connectivity index (χ1) is 14.8. The second-order valence-electron chi connectivity index (χ2n) is 10.2. The van der Waals surface area contributed by atoms with E-state index in [9.17, 15) is 4.79 Å². The van der Waals surface area contributed by atoms with Crippen LogP contribution in [-0.2, 0) is 9.98 Å². The van der Waals surface area contributed by atoms with E-state index < -0.39 is 7.14 Å². The van der Waals surface area contributed by atoms with E-state index in [2.05, 4.69) is 32.9 Å². The van der Waals surface area contributed by atoms with Gasteiger partial charge >= 0.3 is 0 Å². The molecule has 0 N–H and O–H groups in total. The van der Waals surface area contributed by atoms with Gasteiger partial charge in [-0.2, -0.15) is 0 Å². The summed E-state index contributed by atoms with van der Waals surface area (Å²) in [7, 11) is -3.61. The highest BCUT2D eigenvalue weighted by Gasteiger charge is 2.40. The van der Waals surface area contributed by atoms with Crippen molar-refractivity contribution in [1.29, 1.82) is 0 Å². The van der Waals surface area contributed by atoms with E-state index in [-0.39, 0.29) is 10.9 Å². The standard InChI is InChI=1S/C29H35O2P/c1-18-10-12-20(3)25(14-18)32(31,26-15-19(2)11-13-21(26)4)28(30)27-22(5)16-24(17-23(27)6)29(7,8)9/h10-17H,1-9H3. The Bertz CT molecular complexity index is 1180. The minimum absolute atomic E-state index is 0.0267. The highest BCUT2D eigenvalue weighted by molar-refractivity contribution is 7.93. The van der Waals surface area contributed by atoms with Crippen LogP contribution in [0.25, 0.3) is 0 Å². The molecule has 0 amide bonds. The normalized spacial score (nSPS) is 12.2. The molecule has 3 aromatic carbocycles. The minimum Gasteiger partial charge on any atom is -0.305 e. The van der Waals surface area contributed by atoms with E-state index in [0.29, 0.717) is 16.2 Å². The highest BCUT2D eigenvalue weighted by atomic mass is 31.2. The summed E-state index contributed by atoms with van der Waals surface area (Å²) in [5.41, 5.74) is 7.01. The lowest BCUT2D eigenvalue weighted by Crippen LogP contribution is -2.27. The Kier molecular flexibility index (Phi) is 6.42. The van der Waals surface area contributed by atoms with Crippen molar-refractivity contribution in [3.8, 4) is 0 Å². The van der Waals surface area contributed by atoms with Gasteiger partial charge in [-0.15, -0.1) is 0 Å². The molecule has 0 aliphatic carbocycles. The van der Waals surface area contributed by atoms with Crippen molar-refractivity contribution in [3.05, 3.63) is 93.0 Å². The molecule has 0 fully saturated rings. The summed E-state index contributed by atoms with van der Waals surface area (Å²) in [4.78, 5) is 14.3. The molecule has 168 valence electrons. The van der Waals surface area contributed by atoms with Crippen molar-refractivity contribution in [2.75, 3.05) is 0 Å². The number of rotatable bonds is 4. The Morgan fingerprint density at radius 2 is 1.06 bits per heavy atom. The van der Waals surface area contributed by atoms with Gasteiger partial charge in [-0.1, -0.05) is 68.3 Å². The molecule has 3 heteroatoms. The molecular weight excluding hydrogens is 411 g/mol. The lowest BCUT2D eigenvalue weighted by atomic mass is 9.84. The Balaban J connectivity index is 2.38. The van der Waals surface area contributed by atoms with Crippen LogP contribution in [0.15, 0.2) is 48.5 Å². The van der Waals surface area contributed by atoms with Crippen LogP contribution in [0.4, 0.5) is 0 Å². The van der Waals surface area contributed by atoms with Gasteiger partial charge in [-0.3, -0.25) is 4.79 Å². The fourth-order valence-corrected chi connectivity index (χ4v) is 7.64. The maximum Gasteiger partial charge on any atom is 0.230 e. The van der Waals surface area contributed by atoms with Crippen molar-refractivity contribution in [3.63, 3.8) is 0 Å². The van der Waals surface area contributed by atoms with E-state index in [0.717, 1.165) is 33.4 Å². The highest BCUT2D eigenvalue weighted by Crippen LogP contribution is 2.50. The topological polar surface area (TPSA) is 34.1 Å². The number of benzene rings is 3. The fraction of sp³-hybridized carbons (Fsp3) is 0.345. The van der Waals surface area contributed by atoms with Gasteiger partial charge in [0.1, 0.15) is 0 Å². The van der Waals surface area contributed by atoms with Crippen molar-refractivity contribution in [2.24, 2.45) is 0 Å². The van der Waals surface area contributed by atoms with Crippen LogP contribution < -0.4 is 10.6 Å². The SMILES string of the molecule is Cc1ccc(C)c(P(=O)(C(=O)c2c(C)cc(C(C)(C)C)cc2C)c2cc(C)ccc2C)c1. The molecule has 3 aromatic rings. The van der Waals surface area contributed by atoms with Crippen LogP contribution in [-0.4, -0.2) is 5.52 Å². The van der Waals surface area contributed by atoms with Crippen LogP contribution in [0.1, 0.15) is 70.1 Å². The smallest absolute Gasteiger partial charge is 0.230 e. The second kappa shape index (κ2) is 8.49. The van der Waals surface area contributed by atoms with E-state index in [1.165, 1.54) is 5.56 Å². The molecule has 0 saturated heterocycles. The summed E-state index contributed by atoms with van der Waals surface area (Å²) in [6, 6.07) is 16.0. The number of carbonyl (C=O) groups is 1. The van der Waals surface area contributed by atoms with Crippen molar-refractivity contribution in [1.82, 2.24) is 0 Å². The van der Waals surface area contributed by atoms with Crippen molar-refractivity contribution >= 4 is 23.3 Å². The van der Waals surface area contributed by atoms with Crippen LogP contribution in [0.5, 0.6) is 0 Å². The largest absolute Gasteiger partial charge is 0.305 e. The summed E-state index contributed by atoms with van der Waals surface area (Å²) in [6.07, 6.45) is 0. The average molecular weight is 447 g/mol. The van der Waals surface area contributed by atoms with Gasteiger partial charge in [-0.25, -0.2) is 0 Å². The molecule has 0 saturated carbocycles. The summed E-state index contributed by atoms with van der Waals surface area (Å²) in [6.45, 7) is 18.3. The van der Waals surface area contributed by atoms with E-state index in [1.807, 2.05) is 77.9 Å². The molecule has 0 unspecified atom stereocenters. The molecule has 0 bridgehead atoms. The molecule has 0 spiro atoms. The number of carbonyl (C=O) groups excluding carboxylic acids is 1. The molecule has 32 heavy (non-hydrogen) atoms. The van der Waals surface area contributed by atoms with Gasteiger partial charge in [0.25, 0.3) is 0 Å². The van der Waals surface area contributed by atoms with Crippen molar-refractivity contribution in [2.45, 2.75) is 67.7 Å². The lowest BCUT2D eigenvalue weighted by molar-refractivity contribution is 0.107. The third-order valence-electron chi connectivity index (χ3n) is 6.31. The van der Waals surface area contributed by atoms with Gasteiger partial charge in [0, 0.05) is 16.2 Å². The number of hydrogen-bond donors (Lipinski definition) is 0. The van der Waals surface area contributed by atoms with Gasteiger partial charge in [-0.05, 0) is 86.9 Å². The molecule has 2 nitrogen and oxygen atoms in total. The predicted molar refractivity (Wildman–Crippen MR) is 138 cm³/mol. The van der Waals surface area contributed by atoms with E-state index in [4.69, 9.17) is 0 Å². The van der Waals surface area contributed by atoms with Crippen LogP contribution in [0.2, 0.25) is 0 Å². The Hall–Kier alpha value is -2.44. The third-order valence-corrected chi connectivity index (χ3v) is 9.42. The first-order valence-corrected chi connectivity index (χ1v) is 12.9. The Morgan fingerprint density at radius 1 is 0.656 bits per heavy atom. The summed E-state index contributed by atoms with van der Waals surface area (Å²) < 4.78 is 15.1. The monoisotopic (exact) mass is 446 g/mol. The van der Waals surface area contributed by atoms with Gasteiger partial charge < -0.3 is 4.57 Å². The van der Waals surface area contributed by atoms with Gasteiger partial charge in [0.05, 0.1) is 0 Å². The van der Waals surface area contributed by atoms with E-state index >= 15 is 4.57 Å². The molecule has 0 aromatic heterocycles.